The molecule has 1 heterocycles. The predicted molar refractivity (Wildman–Crippen MR) is 44.4 cm³/mol. The van der Waals surface area contributed by atoms with Crippen LogP contribution < -0.4 is 5.32 Å². The molecule has 3 heteroatoms. The van der Waals surface area contributed by atoms with Crippen molar-refractivity contribution >= 4 is 6.03 Å². The summed E-state index contributed by atoms with van der Waals surface area (Å²) < 4.78 is 0. The lowest BCUT2D eigenvalue weighted by molar-refractivity contribution is 0.193. The zero-order chi connectivity index (χ0) is 8.43. The molecular formula is C8H16N2O. The van der Waals surface area contributed by atoms with Gasteiger partial charge in [-0.2, -0.15) is 0 Å². The Hall–Kier alpha value is -0.730. The molecule has 0 spiro atoms. The minimum absolute atomic E-state index is 0.0573. The van der Waals surface area contributed by atoms with E-state index in [4.69, 9.17) is 0 Å². The van der Waals surface area contributed by atoms with Crippen molar-refractivity contribution < 1.29 is 4.79 Å². The number of carbonyl (C=O) groups excluding carboxylic acids is 1. The first kappa shape index (κ1) is 8.37. The Morgan fingerprint density at radius 2 is 2.18 bits per heavy atom. The molecule has 0 saturated carbocycles. The lowest BCUT2D eigenvalue weighted by Gasteiger charge is -2.22. The second-order valence-electron chi connectivity index (χ2n) is 3.26. The van der Waals surface area contributed by atoms with E-state index < -0.39 is 0 Å². The summed E-state index contributed by atoms with van der Waals surface area (Å²) in [5, 5.41) is 2.64. The first-order valence-electron chi connectivity index (χ1n) is 4.15. The molecule has 0 bridgehead atoms. The fourth-order valence-electron chi connectivity index (χ4n) is 1.52. The van der Waals surface area contributed by atoms with Gasteiger partial charge in [0, 0.05) is 19.6 Å². The quantitative estimate of drug-likeness (QED) is 0.558. The summed E-state index contributed by atoms with van der Waals surface area (Å²) in [5.41, 5.74) is 0. The van der Waals surface area contributed by atoms with E-state index in [-0.39, 0.29) is 6.03 Å². The van der Waals surface area contributed by atoms with Crippen LogP contribution in [-0.4, -0.2) is 30.6 Å². The number of hydrogen-bond acceptors (Lipinski definition) is 1. The number of carbonyl (C=O) groups is 1. The second-order valence-corrected chi connectivity index (χ2v) is 3.26. The molecule has 0 aromatic carbocycles. The SMILES string of the molecule is CNC(=O)N1CCC(C)C1C. The molecule has 1 N–H and O–H groups in total. The number of amides is 2. The minimum atomic E-state index is 0.0573. The zero-order valence-corrected chi connectivity index (χ0v) is 7.42. The van der Waals surface area contributed by atoms with Crippen LogP contribution in [0.4, 0.5) is 4.79 Å². The van der Waals surface area contributed by atoms with Gasteiger partial charge in [0.05, 0.1) is 0 Å². The summed E-state index contributed by atoms with van der Waals surface area (Å²) in [6, 6.07) is 0.455. The Morgan fingerprint density at radius 1 is 1.55 bits per heavy atom. The van der Waals surface area contributed by atoms with E-state index in [2.05, 4.69) is 19.2 Å². The summed E-state index contributed by atoms with van der Waals surface area (Å²) in [7, 11) is 1.68. The minimum Gasteiger partial charge on any atom is -0.341 e. The highest BCUT2D eigenvalue weighted by atomic mass is 16.2. The van der Waals surface area contributed by atoms with Gasteiger partial charge < -0.3 is 10.2 Å². The maximum Gasteiger partial charge on any atom is 0.317 e. The summed E-state index contributed by atoms with van der Waals surface area (Å²) in [4.78, 5) is 13.1. The molecule has 64 valence electrons. The van der Waals surface area contributed by atoms with Crippen molar-refractivity contribution in [2.24, 2.45) is 5.92 Å². The fraction of sp³-hybridized carbons (Fsp3) is 0.875. The van der Waals surface area contributed by atoms with Gasteiger partial charge in [0.2, 0.25) is 0 Å². The third-order valence-electron chi connectivity index (χ3n) is 2.62. The number of hydrogen-bond donors (Lipinski definition) is 1. The highest BCUT2D eigenvalue weighted by Gasteiger charge is 2.29. The molecule has 3 nitrogen and oxygen atoms in total. The lowest BCUT2D eigenvalue weighted by Crippen LogP contribution is -2.41. The standard InChI is InChI=1S/C8H16N2O/c1-6-4-5-10(7(6)2)8(11)9-3/h6-7H,4-5H2,1-3H3,(H,9,11). The van der Waals surface area contributed by atoms with Crippen LogP contribution in [0.15, 0.2) is 0 Å². The van der Waals surface area contributed by atoms with Crippen LogP contribution >= 0.6 is 0 Å². The van der Waals surface area contributed by atoms with Crippen LogP contribution in [0.5, 0.6) is 0 Å². The van der Waals surface area contributed by atoms with Gasteiger partial charge in [-0.25, -0.2) is 4.79 Å². The van der Waals surface area contributed by atoms with Crippen molar-refractivity contribution in [1.29, 1.82) is 0 Å². The van der Waals surface area contributed by atoms with Crippen LogP contribution in [0.25, 0.3) is 0 Å². The van der Waals surface area contributed by atoms with Crippen molar-refractivity contribution in [3.8, 4) is 0 Å². The topological polar surface area (TPSA) is 32.3 Å². The van der Waals surface area contributed by atoms with Crippen molar-refractivity contribution in [3.05, 3.63) is 0 Å². The zero-order valence-electron chi connectivity index (χ0n) is 7.42. The van der Waals surface area contributed by atoms with Crippen molar-refractivity contribution in [2.45, 2.75) is 26.3 Å². The molecule has 2 unspecified atom stereocenters. The number of likely N-dealkylation sites (tertiary alicyclic amines) is 1. The van der Waals surface area contributed by atoms with E-state index >= 15 is 0 Å². The number of urea groups is 1. The van der Waals surface area contributed by atoms with Crippen molar-refractivity contribution in [2.75, 3.05) is 13.6 Å². The molecule has 1 fully saturated rings. The van der Waals surface area contributed by atoms with E-state index in [1.165, 1.54) is 0 Å². The molecule has 2 atom stereocenters. The Balaban J connectivity index is 2.54. The molecule has 1 rings (SSSR count). The van der Waals surface area contributed by atoms with Crippen molar-refractivity contribution in [1.82, 2.24) is 10.2 Å². The highest BCUT2D eigenvalue weighted by Crippen LogP contribution is 2.22. The summed E-state index contributed by atoms with van der Waals surface area (Å²) >= 11 is 0. The van der Waals surface area contributed by atoms with Gasteiger partial charge in [-0.15, -0.1) is 0 Å². The van der Waals surface area contributed by atoms with Gasteiger partial charge in [0.15, 0.2) is 0 Å². The third kappa shape index (κ3) is 1.47. The molecule has 1 saturated heterocycles. The Morgan fingerprint density at radius 3 is 2.55 bits per heavy atom. The molecule has 11 heavy (non-hydrogen) atoms. The van der Waals surface area contributed by atoms with E-state index in [1.807, 2.05) is 4.90 Å². The fourth-order valence-corrected chi connectivity index (χ4v) is 1.52. The molecule has 2 amide bonds. The van der Waals surface area contributed by atoms with E-state index in [9.17, 15) is 4.79 Å². The van der Waals surface area contributed by atoms with Gasteiger partial charge >= 0.3 is 6.03 Å². The largest absolute Gasteiger partial charge is 0.341 e. The van der Waals surface area contributed by atoms with Crippen LogP contribution in [-0.2, 0) is 0 Å². The third-order valence-corrected chi connectivity index (χ3v) is 2.62. The summed E-state index contributed by atoms with van der Waals surface area (Å²) in [6.45, 7) is 5.20. The molecule has 0 radical (unpaired) electrons. The molecule has 0 aromatic heterocycles. The molecule has 1 aliphatic heterocycles. The maximum atomic E-state index is 11.2. The van der Waals surface area contributed by atoms with Crippen LogP contribution in [0.1, 0.15) is 20.3 Å². The van der Waals surface area contributed by atoms with Crippen LogP contribution in [0, 0.1) is 5.92 Å². The first-order valence-corrected chi connectivity index (χ1v) is 4.15. The highest BCUT2D eigenvalue weighted by molar-refractivity contribution is 5.74. The average Bonchev–Trinajstić information content (AvgIpc) is 2.32. The van der Waals surface area contributed by atoms with Crippen LogP contribution in [0.3, 0.4) is 0 Å². The van der Waals surface area contributed by atoms with Crippen LogP contribution in [0.2, 0.25) is 0 Å². The summed E-state index contributed by atoms with van der Waals surface area (Å²) in [5.74, 6) is 0.646. The van der Waals surface area contributed by atoms with Crippen molar-refractivity contribution in [3.63, 3.8) is 0 Å². The Bertz CT molecular complexity index is 158. The smallest absolute Gasteiger partial charge is 0.317 e. The van der Waals surface area contributed by atoms with E-state index in [0.29, 0.717) is 12.0 Å². The molecule has 0 aromatic rings. The number of nitrogens with zero attached hydrogens (tertiary/aromatic N) is 1. The van der Waals surface area contributed by atoms with Gasteiger partial charge in [0.25, 0.3) is 0 Å². The Labute approximate surface area is 67.8 Å². The summed E-state index contributed by atoms with van der Waals surface area (Å²) in [6.07, 6.45) is 1.13. The predicted octanol–water partition coefficient (Wildman–Crippen LogP) is 1.06. The maximum absolute atomic E-state index is 11.2. The lowest BCUT2D eigenvalue weighted by atomic mass is 10.1. The molecule has 0 aliphatic carbocycles. The number of rotatable bonds is 0. The number of nitrogens with one attached hydrogen (secondary N) is 1. The van der Waals surface area contributed by atoms with Gasteiger partial charge in [-0.3, -0.25) is 0 Å². The second kappa shape index (κ2) is 3.11. The van der Waals surface area contributed by atoms with Gasteiger partial charge in [-0.05, 0) is 19.3 Å². The average molecular weight is 156 g/mol. The van der Waals surface area contributed by atoms with Gasteiger partial charge in [0.1, 0.15) is 0 Å². The normalized spacial score (nSPS) is 30.6. The molecular weight excluding hydrogens is 140 g/mol. The van der Waals surface area contributed by atoms with Gasteiger partial charge in [-0.1, -0.05) is 6.92 Å². The first-order chi connectivity index (χ1) is 5.16. The monoisotopic (exact) mass is 156 g/mol. The van der Waals surface area contributed by atoms with E-state index in [1.54, 1.807) is 7.05 Å². The Kier molecular flexibility index (Phi) is 2.37. The molecule has 1 aliphatic rings. The van der Waals surface area contributed by atoms with E-state index in [0.717, 1.165) is 13.0 Å².